The second kappa shape index (κ2) is 8.39. The van der Waals surface area contributed by atoms with E-state index in [1.807, 2.05) is 39.8 Å². The van der Waals surface area contributed by atoms with Gasteiger partial charge in [0.2, 0.25) is 5.91 Å². The second-order valence-electron chi connectivity index (χ2n) is 8.72. The first-order valence-corrected chi connectivity index (χ1v) is 10.4. The molecule has 156 valence electrons. The molecule has 0 bridgehead atoms. The Morgan fingerprint density at radius 1 is 1.10 bits per heavy atom. The number of nitrogens with zero attached hydrogens (tertiary/aromatic N) is 3. The minimum atomic E-state index is -1.08. The van der Waals surface area contributed by atoms with Gasteiger partial charge in [-0.3, -0.25) is 9.69 Å². The fourth-order valence-electron chi connectivity index (χ4n) is 4.22. The Kier molecular flexibility index (Phi) is 6.10. The monoisotopic (exact) mass is 397 g/mol. The number of rotatable bonds is 5. The molecule has 1 aliphatic carbocycles. The first-order valence-electron chi connectivity index (χ1n) is 10.4. The van der Waals surface area contributed by atoms with E-state index in [1.165, 1.54) is 6.20 Å². The lowest BCUT2D eigenvalue weighted by atomic mass is 9.82. The standard InChI is InChI=1S/C23H31N3O3/c1-14(2)26(22(27)18-8-6-15(3)7-9-18)21-20(23(28)29)13-25(24-21)19-11-16(4)10-17(5)12-19/h10-15,18H,6-9H2,1-5H3,(H,28,29). The Labute approximate surface area is 172 Å². The van der Waals surface area contributed by atoms with E-state index >= 15 is 0 Å². The van der Waals surface area contributed by atoms with Gasteiger partial charge in [-0.05, 0) is 82.6 Å². The van der Waals surface area contributed by atoms with E-state index in [4.69, 9.17) is 0 Å². The third-order valence-corrected chi connectivity index (χ3v) is 5.74. The maximum absolute atomic E-state index is 13.4. The molecule has 0 atom stereocenters. The Morgan fingerprint density at radius 3 is 2.21 bits per heavy atom. The highest BCUT2D eigenvalue weighted by atomic mass is 16.4. The molecule has 3 rings (SSSR count). The molecule has 1 amide bonds. The number of carboxylic acid groups (broad SMARTS) is 1. The van der Waals surface area contributed by atoms with Gasteiger partial charge in [0.05, 0.1) is 5.69 Å². The minimum Gasteiger partial charge on any atom is -0.477 e. The summed E-state index contributed by atoms with van der Waals surface area (Å²) >= 11 is 0. The van der Waals surface area contributed by atoms with Gasteiger partial charge in [-0.2, -0.15) is 0 Å². The molecule has 0 saturated heterocycles. The van der Waals surface area contributed by atoms with Crippen LogP contribution in [0.1, 0.15) is 67.9 Å². The molecular weight excluding hydrogens is 366 g/mol. The predicted octanol–water partition coefficient (Wildman–Crippen LogP) is 4.76. The van der Waals surface area contributed by atoms with Gasteiger partial charge < -0.3 is 5.11 Å². The van der Waals surface area contributed by atoms with E-state index in [2.05, 4.69) is 18.1 Å². The summed E-state index contributed by atoms with van der Waals surface area (Å²) in [5.74, 6) is -0.284. The Balaban J connectivity index is 2.02. The molecule has 1 saturated carbocycles. The Hall–Kier alpha value is -2.63. The molecule has 0 spiro atoms. The summed E-state index contributed by atoms with van der Waals surface area (Å²) < 4.78 is 1.57. The predicted molar refractivity (Wildman–Crippen MR) is 114 cm³/mol. The zero-order valence-corrected chi connectivity index (χ0v) is 18.0. The summed E-state index contributed by atoms with van der Waals surface area (Å²) in [6.07, 6.45) is 5.28. The zero-order valence-electron chi connectivity index (χ0n) is 18.0. The van der Waals surface area contributed by atoms with Crippen LogP contribution >= 0.6 is 0 Å². The lowest BCUT2D eigenvalue weighted by Crippen LogP contribution is -2.43. The van der Waals surface area contributed by atoms with E-state index in [9.17, 15) is 14.7 Å². The van der Waals surface area contributed by atoms with Crippen LogP contribution in [0.2, 0.25) is 0 Å². The molecule has 0 unspecified atom stereocenters. The van der Waals surface area contributed by atoms with Crippen LogP contribution < -0.4 is 4.90 Å². The number of hydrogen-bond acceptors (Lipinski definition) is 3. The molecule has 1 aromatic carbocycles. The van der Waals surface area contributed by atoms with E-state index < -0.39 is 5.97 Å². The summed E-state index contributed by atoms with van der Waals surface area (Å²) in [7, 11) is 0. The van der Waals surface area contributed by atoms with Crippen LogP contribution in [0.25, 0.3) is 5.69 Å². The molecular formula is C23H31N3O3. The fourth-order valence-corrected chi connectivity index (χ4v) is 4.22. The fraction of sp³-hybridized carbons (Fsp3) is 0.522. The minimum absolute atomic E-state index is 0.0138. The van der Waals surface area contributed by atoms with E-state index in [0.29, 0.717) is 5.92 Å². The summed E-state index contributed by atoms with van der Waals surface area (Å²) in [6.45, 7) is 10.0. The van der Waals surface area contributed by atoms with Crippen molar-refractivity contribution >= 4 is 17.7 Å². The topological polar surface area (TPSA) is 75.4 Å². The molecule has 1 aliphatic rings. The first kappa shape index (κ1) is 21.1. The van der Waals surface area contributed by atoms with Crippen molar-refractivity contribution in [2.75, 3.05) is 4.90 Å². The number of carbonyl (C=O) groups excluding carboxylic acids is 1. The molecule has 1 N–H and O–H groups in total. The van der Waals surface area contributed by atoms with Crippen molar-refractivity contribution in [1.29, 1.82) is 0 Å². The number of carboxylic acids is 1. The molecule has 1 aromatic heterocycles. The number of carbonyl (C=O) groups is 2. The molecule has 1 fully saturated rings. The molecule has 2 aromatic rings. The zero-order chi connectivity index (χ0) is 21.3. The molecule has 29 heavy (non-hydrogen) atoms. The average molecular weight is 398 g/mol. The normalized spacial score (nSPS) is 19.4. The van der Waals surface area contributed by atoms with Gasteiger partial charge in [0.1, 0.15) is 5.56 Å². The quantitative estimate of drug-likeness (QED) is 0.790. The summed E-state index contributed by atoms with van der Waals surface area (Å²) in [4.78, 5) is 26.9. The van der Waals surface area contributed by atoms with Crippen LogP contribution in [0.3, 0.4) is 0 Å². The van der Waals surface area contributed by atoms with Crippen molar-refractivity contribution in [1.82, 2.24) is 9.78 Å². The van der Waals surface area contributed by atoms with Gasteiger partial charge in [0.15, 0.2) is 5.82 Å². The smallest absolute Gasteiger partial charge is 0.341 e. The van der Waals surface area contributed by atoms with Gasteiger partial charge >= 0.3 is 5.97 Å². The highest BCUT2D eigenvalue weighted by Crippen LogP contribution is 2.32. The van der Waals surface area contributed by atoms with Crippen LogP contribution in [0, 0.1) is 25.7 Å². The van der Waals surface area contributed by atoms with Gasteiger partial charge in [0.25, 0.3) is 0 Å². The van der Waals surface area contributed by atoms with Crippen molar-refractivity contribution in [3.05, 3.63) is 41.1 Å². The maximum atomic E-state index is 13.4. The van der Waals surface area contributed by atoms with E-state index in [1.54, 1.807) is 9.58 Å². The van der Waals surface area contributed by atoms with Crippen molar-refractivity contribution in [3.8, 4) is 5.69 Å². The van der Waals surface area contributed by atoms with Crippen LogP contribution in [-0.2, 0) is 4.79 Å². The third-order valence-electron chi connectivity index (χ3n) is 5.74. The number of anilines is 1. The van der Waals surface area contributed by atoms with E-state index in [-0.39, 0.29) is 29.2 Å². The van der Waals surface area contributed by atoms with Crippen molar-refractivity contribution in [2.24, 2.45) is 11.8 Å². The first-order chi connectivity index (χ1) is 13.7. The van der Waals surface area contributed by atoms with Gasteiger partial charge in [-0.1, -0.05) is 13.0 Å². The largest absolute Gasteiger partial charge is 0.477 e. The van der Waals surface area contributed by atoms with Crippen molar-refractivity contribution in [3.63, 3.8) is 0 Å². The highest BCUT2D eigenvalue weighted by molar-refractivity contribution is 6.01. The Bertz CT molecular complexity index is 888. The van der Waals surface area contributed by atoms with E-state index in [0.717, 1.165) is 42.5 Å². The number of aryl methyl sites for hydroxylation is 2. The summed E-state index contributed by atoms with van der Waals surface area (Å²) in [5, 5.41) is 14.4. The summed E-state index contributed by atoms with van der Waals surface area (Å²) in [6, 6.07) is 5.79. The second-order valence-corrected chi connectivity index (χ2v) is 8.72. The number of aromatic nitrogens is 2. The maximum Gasteiger partial charge on any atom is 0.341 e. The van der Waals surface area contributed by atoms with Crippen LogP contribution in [0.4, 0.5) is 5.82 Å². The molecule has 6 heteroatoms. The highest BCUT2D eigenvalue weighted by Gasteiger charge is 2.34. The average Bonchev–Trinajstić information content (AvgIpc) is 3.06. The summed E-state index contributed by atoms with van der Waals surface area (Å²) in [5.41, 5.74) is 2.98. The van der Waals surface area contributed by atoms with Gasteiger partial charge in [-0.15, -0.1) is 5.10 Å². The van der Waals surface area contributed by atoms with Crippen LogP contribution in [-0.4, -0.2) is 32.8 Å². The number of hydrogen-bond donors (Lipinski definition) is 1. The van der Waals surface area contributed by atoms with Crippen LogP contribution in [0.5, 0.6) is 0 Å². The van der Waals surface area contributed by atoms with Gasteiger partial charge in [-0.25, -0.2) is 9.48 Å². The Morgan fingerprint density at radius 2 is 1.69 bits per heavy atom. The SMILES string of the molecule is Cc1cc(C)cc(-n2cc(C(=O)O)c(N(C(=O)C3CCC(C)CC3)C(C)C)n2)c1. The van der Waals surface area contributed by atoms with Crippen molar-refractivity contribution < 1.29 is 14.7 Å². The van der Waals surface area contributed by atoms with Crippen LogP contribution in [0.15, 0.2) is 24.4 Å². The molecule has 0 aliphatic heterocycles. The molecule has 0 radical (unpaired) electrons. The number of benzene rings is 1. The van der Waals surface area contributed by atoms with Gasteiger partial charge in [0, 0.05) is 18.2 Å². The lowest BCUT2D eigenvalue weighted by Gasteiger charge is -2.32. The van der Waals surface area contributed by atoms with Crippen molar-refractivity contribution in [2.45, 2.75) is 66.3 Å². The molecule has 6 nitrogen and oxygen atoms in total. The molecule has 1 heterocycles. The lowest BCUT2D eigenvalue weighted by molar-refractivity contribution is -0.123. The third kappa shape index (κ3) is 4.52. The number of amides is 1. The number of aromatic carboxylic acids is 1.